The predicted octanol–water partition coefficient (Wildman–Crippen LogP) is 3.43. The third-order valence-corrected chi connectivity index (χ3v) is 8.31. The molecule has 0 radical (unpaired) electrons. The molecule has 14 nitrogen and oxygen atoms in total. The Labute approximate surface area is 259 Å². The molecule has 0 aliphatic carbocycles. The van der Waals surface area contributed by atoms with Gasteiger partial charge in [-0.15, -0.1) is 0 Å². The number of anilines is 1. The molecule has 3 N–H and O–H groups in total. The molecule has 0 bridgehead atoms. The lowest BCUT2D eigenvalue weighted by Gasteiger charge is -2.21. The summed E-state index contributed by atoms with van der Waals surface area (Å²) in [7, 11) is -1.45. The van der Waals surface area contributed by atoms with Crippen molar-refractivity contribution in [2.75, 3.05) is 19.5 Å². The number of amidine groups is 1. The van der Waals surface area contributed by atoms with Crippen LogP contribution < -0.4 is 20.1 Å². The van der Waals surface area contributed by atoms with E-state index < -0.39 is 27.6 Å². The lowest BCUT2D eigenvalue weighted by molar-refractivity contribution is -0.124. The van der Waals surface area contributed by atoms with Crippen molar-refractivity contribution < 1.29 is 32.3 Å². The van der Waals surface area contributed by atoms with Gasteiger partial charge in [-0.25, -0.2) is 22.7 Å². The van der Waals surface area contributed by atoms with Gasteiger partial charge >= 0.3 is 18.0 Å². The van der Waals surface area contributed by atoms with Gasteiger partial charge in [-0.05, 0) is 51.0 Å². The Morgan fingerprint density at radius 3 is 2.32 bits per heavy atom. The molecular formula is C28H32ClN7O7S. The molecule has 1 unspecified atom stereocenters. The summed E-state index contributed by atoms with van der Waals surface area (Å²) in [6.07, 6.45) is 0. The van der Waals surface area contributed by atoms with E-state index in [9.17, 15) is 22.8 Å². The quantitative estimate of drug-likeness (QED) is 0.321. The van der Waals surface area contributed by atoms with Gasteiger partial charge in [0.2, 0.25) is 5.95 Å². The average molecular weight is 646 g/mol. The maximum absolute atomic E-state index is 12.2. The fourth-order valence-corrected chi connectivity index (χ4v) is 5.21. The van der Waals surface area contributed by atoms with Crippen LogP contribution in [0, 0.1) is 19.8 Å². The Morgan fingerprint density at radius 1 is 1.05 bits per heavy atom. The third-order valence-electron chi connectivity index (χ3n) is 6.48. The zero-order valence-electron chi connectivity index (χ0n) is 25.1. The number of nitrogens with one attached hydrogen (secondary N) is 3. The first-order valence-electron chi connectivity index (χ1n) is 13.1. The number of ether oxygens (including phenoxy) is 2. The number of carbonyl (C=O) groups is 3. The van der Waals surface area contributed by atoms with E-state index in [4.69, 9.17) is 21.1 Å². The molecule has 44 heavy (non-hydrogen) atoms. The number of nitrogens with zero attached hydrogens (tertiary/aromatic N) is 4. The van der Waals surface area contributed by atoms with Gasteiger partial charge in [-0.3, -0.25) is 15.1 Å². The van der Waals surface area contributed by atoms with Crippen LogP contribution in [0.4, 0.5) is 10.7 Å². The lowest BCUT2D eigenvalue weighted by atomic mass is 9.89. The fourth-order valence-electron chi connectivity index (χ4n) is 3.78. The van der Waals surface area contributed by atoms with Crippen LogP contribution >= 0.6 is 11.6 Å². The molecule has 0 fully saturated rings. The summed E-state index contributed by atoms with van der Waals surface area (Å²) in [5, 5.41) is 4.97. The normalized spacial score (nSPS) is 15.8. The number of aliphatic imine (C=N–C) groups is 1. The third kappa shape index (κ3) is 7.85. The number of carbonyl (C=O) groups excluding carboxylic acids is 3. The molecule has 1 atom stereocenters. The van der Waals surface area contributed by atoms with E-state index in [0.717, 1.165) is 5.56 Å². The van der Waals surface area contributed by atoms with Gasteiger partial charge in [-0.1, -0.05) is 49.2 Å². The van der Waals surface area contributed by atoms with Crippen molar-refractivity contribution in [2.24, 2.45) is 10.9 Å². The number of aromatic nitrogens is 3. The second-order valence-electron chi connectivity index (χ2n) is 9.94. The minimum atomic E-state index is -4.13. The summed E-state index contributed by atoms with van der Waals surface area (Å²) in [6.45, 7) is 9.18. The minimum Gasteiger partial charge on any atom is -0.467 e. The second kappa shape index (κ2) is 13.8. The van der Waals surface area contributed by atoms with Crippen LogP contribution in [-0.2, 0) is 19.6 Å². The van der Waals surface area contributed by atoms with Crippen LogP contribution in [0.2, 0.25) is 5.02 Å². The first kappa shape index (κ1) is 33.9. The minimum absolute atomic E-state index is 0.00882. The van der Waals surface area contributed by atoms with E-state index in [0.29, 0.717) is 22.8 Å². The molecule has 2 heterocycles. The van der Waals surface area contributed by atoms with Crippen LogP contribution in [0.1, 0.15) is 48.1 Å². The number of hydrogen-bond donors (Lipinski definition) is 3. The number of sulfonamides is 1. The maximum Gasteiger partial charge on any atom is 0.338 e. The van der Waals surface area contributed by atoms with E-state index in [1.807, 2.05) is 37.6 Å². The summed E-state index contributed by atoms with van der Waals surface area (Å²) in [5.41, 5.74) is 1.16. The number of benzene rings is 2. The van der Waals surface area contributed by atoms with Crippen molar-refractivity contribution in [3.63, 3.8) is 0 Å². The molecule has 0 spiro atoms. The van der Waals surface area contributed by atoms with Crippen molar-refractivity contribution in [1.29, 1.82) is 0 Å². The van der Waals surface area contributed by atoms with Crippen LogP contribution in [-0.4, -0.2) is 66.9 Å². The van der Waals surface area contributed by atoms with Crippen LogP contribution in [0.15, 0.2) is 52.4 Å². The monoisotopic (exact) mass is 645 g/mol. The number of hydrogen-bond acceptors (Lipinski definition) is 11. The Kier molecular flexibility index (Phi) is 10.6. The Balaban J connectivity index is 0.000000241. The highest BCUT2D eigenvalue weighted by Gasteiger charge is 2.42. The molecule has 1 aromatic heterocycles. The highest BCUT2D eigenvalue weighted by atomic mass is 35.5. The van der Waals surface area contributed by atoms with E-state index >= 15 is 0 Å². The number of aryl methyl sites for hydroxylation is 2. The van der Waals surface area contributed by atoms with E-state index in [-0.39, 0.29) is 33.7 Å². The lowest BCUT2D eigenvalue weighted by Crippen LogP contribution is -2.41. The SMILES string of the molecule is COC(=O)c1ccc(C)cc1C1=NC(C)(C(C)C)C(=O)N1.COc1nc(C)nc(NC(=O)NS(=O)(=O)c2ccccc2Cl)n1. The first-order valence-corrected chi connectivity index (χ1v) is 14.9. The number of rotatable bonds is 7. The van der Waals surface area contributed by atoms with Gasteiger partial charge in [0.05, 0.1) is 24.8 Å². The molecule has 3 amide bonds. The molecule has 16 heteroatoms. The Morgan fingerprint density at radius 2 is 1.73 bits per heavy atom. The molecular weight excluding hydrogens is 614 g/mol. The Bertz CT molecular complexity index is 1730. The van der Waals surface area contributed by atoms with Crippen LogP contribution in [0.3, 0.4) is 0 Å². The zero-order chi connectivity index (χ0) is 32.8. The standard InChI is InChI=1S/C16H20N2O3.C12H12ClN5O4S/c1-9(2)16(4)15(20)17-13(18-16)12-8-10(3)6-7-11(12)14(19)21-5;1-7-14-10(17-12(15-7)22-2)16-11(19)18-23(20,21)9-6-4-3-5-8(9)13/h6-9H,1-5H3,(H,17,18,20);3-6H,1-2H3,(H2,14,15,16,17,18,19). The number of halogens is 1. The van der Waals surface area contributed by atoms with Gasteiger partial charge in [-0.2, -0.15) is 15.0 Å². The van der Waals surface area contributed by atoms with Gasteiger partial charge in [0.25, 0.3) is 15.9 Å². The van der Waals surface area contributed by atoms with Crippen molar-refractivity contribution in [3.05, 3.63) is 70.0 Å². The summed E-state index contributed by atoms with van der Waals surface area (Å²) < 4.78 is 35.7. The molecule has 4 rings (SSSR count). The number of amides is 3. The van der Waals surface area contributed by atoms with E-state index in [1.165, 1.54) is 32.4 Å². The molecule has 1 aliphatic rings. The van der Waals surface area contributed by atoms with Crippen molar-refractivity contribution >= 4 is 51.3 Å². The zero-order valence-corrected chi connectivity index (χ0v) is 26.6. The highest BCUT2D eigenvalue weighted by molar-refractivity contribution is 7.90. The van der Waals surface area contributed by atoms with Crippen molar-refractivity contribution in [1.82, 2.24) is 25.0 Å². The summed E-state index contributed by atoms with van der Waals surface area (Å²) in [4.78, 5) is 51.7. The van der Waals surface area contributed by atoms with Gasteiger partial charge in [0, 0.05) is 5.56 Å². The van der Waals surface area contributed by atoms with E-state index in [1.54, 1.807) is 26.0 Å². The molecule has 0 saturated heterocycles. The van der Waals surface area contributed by atoms with Gasteiger partial charge in [0.15, 0.2) is 0 Å². The van der Waals surface area contributed by atoms with Gasteiger partial charge < -0.3 is 14.8 Å². The second-order valence-corrected chi connectivity index (χ2v) is 12.0. The molecule has 3 aromatic rings. The van der Waals surface area contributed by atoms with Crippen LogP contribution in [0.5, 0.6) is 6.01 Å². The molecule has 0 saturated carbocycles. The number of urea groups is 1. The molecule has 234 valence electrons. The van der Waals surface area contributed by atoms with Crippen LogP contribution in [0.25, 0.3) is 0 Å². The van der Waals surface area contributed by atoms with E-state index in [2.05, 4.69) is 30.6 Å². The molecule has 2 aromatic carbocycles. The fraction of sp³-hybridized carbons (Fsp3) is 0.321. The first-order chi connectivity index (χ1) is 20.6. The summed E-state index contributed by atoms with van der Waals surface area (Å²) in [6, 6.07) is 10.0. The summed E-state index contributed by atoms with van der Waals surface area (Å²) >= 11 is 5.81. The van der Waals surface area contributed by atoms with Crippen molar-refractivity contribution in [3.8, 4) is 6.01 Å². The largest absolute Gasteiger partial charge is 0.467 e. The number of esters is 1. The topological polar surface area (TPSA) is 191 Å². The predicted molar refractivity (Wildman–Crippen MR) is 162 cm³/mol. The highest BCUT2D eigenvalue weighted by Crippen LogP contribution is 2.28. The smallest absolute Gasteiger partial charge is 0.338 e. The van der Waals surface area contributed by atoms with Gasteiger partial charge in [0.1, 0.15) is 22.1 Å². The van der Waals surface area contributed by atoms with Crippen molar-refractivity contribution in [2.45, 2.75) is 45.1 Å². The number of methoxy groups -OCH3 is 2. The molecule has 1 aliphatic heterocycles. The Hall–Kier alpha value is -4.63. The average Bonchev–Trinajstić information content (AvgIpc) is 3.27. The summed E-state index contributed by atoms with van der Waals surface area (Å²) in [5.74, 6) is 0.0360. The maximum atomic E-state index is 12.2.